The van der Waals surface area contributed by atoms with Crippen molar-refractivity contribution < 1.29 is 81.2 Å². The minimum Gasteiger partial charge on any atom is -0.481 e. The van der Waals surface area contributed by atoms with Gasteiger partial charge in [-0.2, -0.15) is 0 Å². The van der Waals surface area contributed by atoms with E-state index in [0.717, 1.165) is 13.8 Å². The molecule has 2 aromatic rings. The zero-order chi connectivity index (χ0) is 49.8. The molecule has 0 aliphatic heterocycles. The van der Waals surface area contributed by atoms with E-state index in [2.05, 4.69) is 21.3 Å². The van der Waals surface area contributed by atoms with E-state index < -0.39 is 138 Å². The Morgan fingerprint density at radius 2 is 0.788 bits per heavy atom. The van der Waals surface area contributed by atoms with Crippen molar-refractivity contribution >= 4 is 65.1 Å². The number of ketones is 3. The zero-order valence-corrected chi connectivity index (χ0v) is 36.8. The van der Waals surface area contributed by atoms with Crippen LogP contribution >= 0.6 is 0 Å². The lowest BCUT2D eigenvalue weighted by atomic mass is 9.95. The Morgan fingerprint density at radius 1 is 0.470 bits per heavy atom. The van der Waals surface area contributed by atoms with Crippen molar-refractivity contribution in [3.63, 3.8) is 0 Å². The number of carboxylic acid groups (broad SMARTS) is 2. The zero-order valence-electron chi connectivity index (χ0n) is 36.8. The minimum absolute atomic E-state index is 0.136. The van der Waals surface area contributed by atoms with E-state index >= 15 is 8.78 Å². The normalized spacial score (nSPS) is 14.6. The van der Waals surface area contributed by atoms with Crippen LogP contribution in [-0.2, 0) is 65.8 Å². The van der Waals surface area contributed by atoms with E-state index in [9.17, 15) is 63.0 Å². The van der Waals surface area contributed by atoms with Gasteiger partial charge in [-0.05, 0) is 36.8 Å². The molecule has 0 heterocycles. The Hall–Kier alpha value is -7.33. The van der Waals surface area contributed by atoms with Crippen LogP contribution in [0.15, 0.2) is 60.7 Å². The molecule has 21 nitrogen and oxygen atoms in total. The third-order valence-electron chi connectivity index (χ3n) is 9.45. The number of carbonyl (C=O) groups excluding carboxylic acids is 9. The number of aliphatic carboxylic acids is 2. The molecule has 0 aromatic heterocycles. The summed E-state index contributed by atoms with van der Waals surface area (Å²) in [5.41, 5.74) is 1.29. The second-order valence-electron chi connectivity index (χ2n) is 15.6. The Labute approximate surface area is 377 Å². The number of Topliss-reactive ketones (excluding diaryl/α,β-unsaturated/α-hetero) is 3. The molecule has 0 aliphatic carbocycles. The Kier molecular flexibility index (Phi) is 22.0. The number of ether oxygens (including phenoxy) is 2. The fourth-order valence-electron chi connectivity index (χ4n) is 5.74. The molecule has 8 atom stereocenters. The summed E-state index contributed by atoms with van der Waals surface area (Å²) in [7, 11) is 0. The average Bonchev–Trinajstić information content (AvgIpc) is 3.26. The number of alkyl halides is 2. The predicted molar refractivity (Wildman–Crippen MR) is 225 cm³/mol. The first-order valence-corrected chi connectivity index (χ1v) is 20.4. The van der Waals surface area contributed by atoms with Gasteiger partial charge in [0.1, 0.15) is 49.5 Å². The molecule has 360 valence electrons. The van der Waals surface area contributed by atoms with Crippen LogP contribution in [0.2, 0.25) is 0 Å². The third-order valence-corrected chi connectivity index (χ3v) is 9.45. The van der Waals surface area contributed by atoms with Crippen molar-refractivity contribution in [1.82, 2.24) is 31.9 Å². The largest absolute Gasteiger partial charge is 0.481 e. The quantitative estimate of drug-likeness (QED) is 0.0615. The molecule has 0 spiro atoms. The van der Waals surface area contributed by atoms with Crippen molar-refractivity contribution in [1.29, 1.82) is 0 Å². The van der Waals surface area contributed by atoms with Gasteiger partial charge in [0.05, 0.1) is 12.8 Å². The first kappa shape index (κ1) is 54.8. The minimum atomic E-state index is -3.63. The SMILES string of the molecule is CC(C)[C@H](NC(=O)OCc1ccccc1)C(=O)N[C@@H](C)C(=O)N[C@@H](CC(=O)O)C(=O)C(F)C(=O)C(F)C(=O)[C@H](CC(=O)O)NC(=O)[C@H](C)NC(=O)[C@@H](NC(=O)OCc1ccccc1)C(C)C. The molecule has 2 aromatic carbocycles. The van der Waals surface area contributed by atoms with Crippen LogP contribution < -0.4 is 31.9 Å². The van der Waals surface area contributed by atoms with Gasteiger partial charge in [-0.3, -0.25) is 43.2 Å². The molecular formula is C43H54F2N6O15. The third kappa shape index (κ3) is 18.0. The molecule has 8 N–H and O–H groups in total. The maximum Gasteiger partial charge on any atom is 0.408 e. The summed E-state index contributed by atoms with van der Waals surface area (Å²) in [4.78, 5) is 139. The van der Waals surface area contributed by atoms with Crippen LogP contribution in [-0.4, -0.2) is 124 Å². The van der Waals surface area contributed by atoms with Crippen molar-refractivity contribution in [2.45, 2.75) is 116 Å². The van der Waals surface area contributed by atoms with Gasteiger partial charge in [0.15, 0.2) is 11.6 Å². The monoisotopic (exact) mass is 932 g/mol. The molecule has 0 bridgehead atoms. The van der Waals surface area contributed by atoms with Crippen LogP contribution in [0.1, 0.15) is 65.5 Å². The van der Waals surface area contributed by atoms with Gasteiger partial charge < -0.3 is 51.6 Å². The maximum atomic E-state index is 15.4. The molecule has 0 aliphatic rings. The Bertz CT molecular complexity index is 1930. The molecule has 0 radical (unpaired) electrons. The summed E-state index contributed by atoms with van der Waals surface area (Å²) in [5.74, 6) is -15.8. The molecular weight excluding hydrogens is 878 g/mol. The van der Waals surface area contributed by atoms with Crippen molar-refractivity contribution in [2.24, 2.45) is 11.8 Å². The summed E-state index contributed by atoms with van der Waals surface area (Å²) < 4.78 is 41.1. The summed E-state index contributed by atoms with van der Waals surface area (Å²) in [6, 6.07) is 6.54. The topological polar surface area (TPSA) is 319 Å². The molecule has 0 saturated carbocycles. The van der Waals surface area contributed by atoms with E-state index in [4.69, 9.17) is 9.47 Å². The number of hydrogen-bond acceptors (Lipinski definition) is 13. The lowest BCUT2D eigenvalue weighted by Crippen LogP contribution is -2.58. The standard InChI is InChI=1S/C43H54F2N6O15/c1-21(2)33(50-42(63)65-19-25-13-9-7-10-14-25)40(61)46-23(5)38(59)48-27(17-29(52)53)35(56)31(44)37(58)32(45)36(57)28(18-30(54)55)49-39(60)24(6)47-41(62)34(22(3)4)51-43(64)66-20-26-15-11-8-12-16-26/h7-16,21-24,27-28,31-34H,17-20H2,1-6H3,(H,46,61)(H,47,62)(H,48,59)(H,49,60)(H,50,63)(H,51,64)(H,52,53)(H,54,55)/t23-,24-,27-,28-,31?,32?,33-,34-/m0/s1. The van der Waals surface area contributed by atoms with Gasteiger partial charge in [-0.15, -0.1) is 0 Å². The number of amides is 6. The van der Waals surface area contributed by atoms with E-state index in [0.29, 0.717) is 11.1 Å². The number of benzene rings is 2. The number of rotatable bonds is 26. The molecule has 2 unspecified atom stereocenters. The molecule has 23 heteroatoms. The first-order valence-electron chi connectivity index (χ1n) is 20.4. The number of carboxylic acids is 2. The Morgan fingerprint density at radius 3 is 1.08 bits per heavy atom. The van der Waals surface area contributed by atoms with Gasteiger partial charge in [0, 0.05) is 0 Å². The van der Waals surface area contributed by atoms with Crippen LogP contribution in [0.25, 0.3) is 0 Å². The number of hydrogen-bond donors (Lipinski definition) is 8. The van der Waals surface area contributed by atoms with E-state index in [1.165, 1.54) is 0 Å². The summed E-state index contributed by atoms with van der Waals surface area (Å²) in [5, 5.41) is 31.6. The second kappa shape index (κ2) is 26.5. The smallest absolute Gasteiger partial charge is 0.408 e. The highest BCUT2D eigenvalue weighted by molar-refractivity contribution is 6.18. The lowest BCUT2D eigenvalue weighted by Gasteiger charge is -2.25. The van der Waals surface area contributed by atoms with Crippen molar-refractivity contribution in [2.75, 3.05) is 0 Å². The highest BCUT2D eigenvalue weighted by Crippen LogP contribution is 2.14. The van der Waals surface area contributed by atoms with Gasteiger partial charge in [0.2, 0.25) is 41.8 Å². The molecule has 0 saturated heterocycles. The highest BCUT2D eigenvalue weighted by atomic mass is 19.1. The van der Waals surface area contributed by atoms with Crippen molar-refractivity contribution in [3.8, 4) is 0 Å². The number of alkyl carbamates (subject to hydrolysis) is 2. The fraction of sp³-hybridized carbons (Fsp3) is 0.465. The van der Waals surface area contributed by atoms with Crippen LogP contribution in [0.4, 0.5) is 18.4 Å². The molecule has 0 fully saturated rings. The van der Waals surface area contributed by atoms with Crippen LogP contribution in [0.5, 0.6) is 0 Å². The number of carbonyl (C=O) groups is 11. The number of nitrogens with one attached hydrogen (secondary N) is 6. The first-order chi connectivity index (χ1) is 30.9. The van der Waals surface area contributed by atoms with E-state index in [1.54, 1.807) is 88.4 Å². The van der Waals surface area contributed by atoms with Gasteiger partial charge >= 0.3 is 24.1 Å². The lowest BCUT2D eigenvalue weighted by molar-refractivity contribution is -0.148. The van der Waals surface area contributed by atoms with Gasteiger partial charge in [-0.25, -0.2) is 18.4 Å². The van der Waals surface area contributed by atoms with Crippen molar-refractivity contribution in [3.05, 3.63) is 71.8 Å². The van der Waals surface area contributed by atoms with Gasteiger partial charge in [-0.1, -0.05) is 88.4 Å². The van der Waals surface area contributed by atoms with Crippen LogP contribution in [0, 0.1) is 11.8 Å². The van der Waals surface area contributed by atoms with Gasteiger partial charge in [0.25, 0.3) is 0 Å². The summed E-state index contributed by atoms with van der Waals surface area (Å²) in [6.45, 7) is 8.06. The predicted octanol–water partition coefficient (Wildman–Crippen LogP) is 1.20. The molecule has 2 rings (SSSR count). The summed E-state index contributed by atoms with van der Waals surface area (Å²) in [6.07, 6.45) is -12.0. The average molecular weight is 933 g/mol. The van der Waals surface area contributed by atoms with E-state index in [1.807, 2.05) is 10.6 Å². The maximum absolute atomic E-state index is 15.4. The van der Waals surface area contributed by atoms with E-state index in [-0.39, 0.29) is 13.2 Å². The molecule has 66 heavy (non-hydrogen) atoms. The summed E-state index contributed by atoms with van der Waals surface area (Å²) >= 11 is 0. The molecule has 6 amide bonds. The second-order valence-corrected chi connectivity index (χ2v) is 15.6. The fourth-order valence-corrected chi connectivity index (χ4v) is 5.74. The highest BCUT2D eigenvalue weighted by Gasteiger charge is 2.44. The number of halogens is 2. The Balaban J connectivity index is 2.09. The van der Waals surface area contributed by atoms with Crippen LogP contribution in [0.3, 0.4) is 0 Å².